The molecule has 3 amide bonds. The fourth-order valence-electron chi connectivity index (χ4n) is 5.18. The summed E-state index contributed by atoms with van der Waals surface area (Å²) in [6.07, 6.45) is -0.0825. The highest BCUT2D eigenvalue weighted by atomic mass is 16.6. The largest absolute Gasteiger partial charge is 0.508 e. The van der Waals surface area contributed by atoms with Crippen molar-refractivity contribution in [3.63, 3.8) is 0 Å². The molecule has 3 aromatic carbocycles. The first-order valence-electron chi connectivity index (χ1n) is 15.1. The van der Waals surface area contributed by atoms with Gasteiger partial charge in [0.1, 0.15) is 23.4 Å². The molecule has 0 radical (unpaired) electrons. The van der Waals surface area contributed by atoms with Crippen molar-refractivity contribution < 1.29 is 24.2 Å². The number of alkyl carbamates (subject to hydrolysis) is 1. The van der Waals surface area contributed by atoms with Gasteiger partial charge in [-0.05, 0) is 108 Å². The lowest BCUT2D eigenvalue weighted by Gasteiger charge is -2.45. The molecular weight excluding hydrogens is 554 g/mol. The van der Waals surface area contributed by atoms with E-state index >= 15 is 0 Å². The molecule has 0 aliphatic rings. The van der Waals surface area contributed by atoms with Crippen LogP contribution in [0.1, 0.15) is 81.8 Å². The lowest BCUT2D eigenvalue weighted by Crippen LogP contribution is -2.59. The molecule has 0 aromatic heterocycles. The second-order valence-electron chi connectivity index (χ2n) is 13.0. The number of amides is 3. The Labute approximate surface area is 261 Å². The Morgan fingerprint density at radius 2 is 1.41 bits per heavy atom. The van der Waals surface area contributed by atoms with Crippen molar-refractivity contribution in [1.29, 1.82) is 0 Å². The average Bonchev–Trinajstić information content (AvgIpc) is 2.93. The minimum absolute atomic E-state index is 0.0911. The molecule has 8 heteroatoms. The first kappa shape index (κ1) is 34.2. The summed E-state index contributed by atoms with van der Waals surface area (Å²) in [6, 6.07) is 17.7. The number of carbonyl (C=O) groups excluding carboxylic acids is 3. The highest BCUT2D eigenvalue weighted by Crippen LogP contribution is 2.36. The minimum Gasteiger partial charge on any atom is -0.508 e. The van der Waals surface area contributed by atoms with Gasteiger partial charge >= 0.3 is 6.09 Å². The van der Waals surface area contributed by atoms with Crippen LogP contribution in [0.5, 0.6) is 5.75 Å². The third kappa shape index (κ3) is 8.62. The molecule has 0 saturated carbocycles. The van der Waals surface area contributed by atoms with Crippen molar-refractivity contribution in [3.8, 4) is 5.75 Å². The predicted octanol–water partition coefficient (Wildman–Crippen LogP) is 7.15. The first-order chi connectivity index (χ1) is 20.5. The van der Waals surface area contributed by atoms with Gasteiger partial charge in [0.25, 0.3) is 5.91 Å². The zero-order chi connectivity index (χ0) is 32.8. The van der Waals surface area contributed by atoms with E-state index in [0.717, 1.165) is 27.8 Å². The fraction of sp³-hybridized carbons (Fsp3) is 0.417. The van der Waals surface area contributed by atoms with Crippen LogP contribution < -0.4 is 10.6 Å². The van der Waals surface area contributed by atoms with E-state index in [4.69, 9.17) is 4.74 Å². The van der Waals surface area contributed by atoms with Crippen LogP contribution >= 0.6 is 0 Å². The fourth-order valence-corrected chi connectivity index (χ4v) is 5.18. The molecule has 8 nitrogen and oxygen atoms in total. The molecule has 3 N–H and O–H groups in total. The van der Waals surface area contributed by atoms with E-state index in [1.165, 1.54) is 12.1 Å². The topological polar surface area (TPSA) is 108 Å². The number of ether oxygens (including phenoxy) is 1. The normalized spacial score (nSPS) is 13.0. The van der Waals surface area contributed by atoms with E-state index in [1.807, 2.05) is 84.0 Å². The van der Waals surface area contributed by atoms with E-state index in [-0.39, 0.29) is 18.1 Å². The molecule has 0 bridgehead atoms. The summed E-state index contributed by atoms with van der Waals surface area (Å²) >= 11 is 0. The lowest BCUT2D eigenvalue weighted by atomic mass is 9.88. The van der Waals surface area contributed by atoms with Gasteiger partial charge in [-0.15, -0.1) is 0 Å². The second kappa shape index (κ2) is 14.0. The predicted molar refractivity (Wildman–Crippen MR) is 175 cm³/mol. The number of hydrogen-bond acceptors (Lipinski definition) is 5. The van der Waals surface area contributed by atoms with Crippen molar-refractivity contribution in [2.75, 3.05) is 5.32 Å². The number of phenols is 1. The molecule has 0 aliphatic carbocycles. The summed E-state index contributed by atoms with van der Waals surface area (Å²) in [6.45, 7) is 16.9. The maximum Gasteiger partial charge on any atom is 0.408 e. The molecule has 2 unspecified atom stereocenters. The zero-order valence-electron chi connectivity index (χ0n) is 27.4. The van der Waals surface area contributed by atoms with Gasteiger partial charge in [-0.25, -0.2) is 4.79 Å². The van der Waals surface area contributed by atoms with Gasteiger partial charge in [-0.3, -0.25) is 9.59 Å². The third-order valence-electron chi connectivity index (χ3n) is 7.85. The van der Waals surface area contributed by atoms with Crippen LogP contribution in [0.4, 0.5) is 10.5 Å². The number of nitrogens with one attached hydrogen (secondary N) is 2. The number of nitrogens with zero attached hydrogens (tertiary/aromatic N) is 1. The van der Waals surface area contributed by atoms with E-state index in [1.54, 1.807) is 37.8 Å². The van der Waals surface area contributed by atoms with Crippen LogP contribution in [0, 0.1) is 20.8 Å². The SMILES string of the molecule is CCC(C)(C)N(C(=O)C(Cc1ccc(O)cc1)NC(=O)OC(C)(C)C)C(C(=O)Nc1ccccc1C)c1c(C)cccc1C. The highest BCUT2D eigenvalue weighted by molar-refractivity contribution is 6.00. The van der Waals surface area contributed by atoms with Crippen LogP contribution in [0.2, 0.25) is 0 Å². The van der Waals surface area contributed by atoms with Gasteiger partial charge in [-0.2, -0.15) is 0 Å². The van der Waals surface area contributed by atoms with Crippen molar-refractivity contribution in [2.45, 2.75) is 98.4 Å². The number of aryl methyl sites for hydroxylation is 3. The number of anilines is 1. The Morgan fingerprint density at radius 1 is 0.841 bits per heavy atom. The monoisotopic (exact) mass is 601 g/mol. The summed E-state index contributed by atoms with van der Waals surface area (Å²) < 4.78 is 5.55. The molecule has 236 valence electrons. The van der Waals surface area contributed by atoms with Crippen molar-refractivity contribution >= 4 is 23.6 Å². The molecule has 0 aliphatic heterocycles. The molecule has 3 aromatic rings. The van der Waals surface area contributed by atoms with Gasteiger partial charge in [0.15, 0.2) is 0 Å². The summed E-state index contributed by atoms with van der Waals surface area (Å²) in [5, 5.41) is 15.7. The lowest BCUT2D eigenvalue weighted by molar-refractivity contribution is -0.147. The molecule has 0 heterocycles. The third-order valence-corrected chi connectivity index (χ3v) is 7.85. The van der Waals surface area contributed by atoms with E-state index < -0.39 is 35.2 Å². The first-order valence-corrected chi connectivity index (χ1v) is 15.1. The van der Waals surface area contributed by atoms with Crippen molar-refractivity contribution in [2.24, 2.45) is 0 Å². The van der Waals surface area contributed by atoms with E-state index in [0.29, 0.717) is 12.1 Å². The van der Waals surface area contributed by atoms with Gasteiger partial charge < -0.3 is 25.4 Å². The van der Waals surface area contributed by atoms with Gasteiger partial charge in [-0.1, -0.05) is 55.5 Å². The maximum atomic E-state index is 14.9. The van der Waals surface area contributed by atoms with Crippen LogP contribution in [-0.4, -0.2) is 45.1 Å². The van der Waals surface area contributed by atoms with Gasteiger partial charge in [0.2, 0.25) is 5.91 Å². The van der Waals surface area contributed by atoms with Crippen LogP contribution in [0.25, 0.3) is 0 Å². The summed E-state index contributed by atoms with van der Waals surface area (Å²) in [7, 11) is 0. The summed E-state index contributed by atoms with van der Waals surface area (Å²) in [4.78, 5) is 44.1. The Balaban J connectivity index is 2.20. The van der Waals surface area contributed by atoms with Crippen molar-refractivity contribution in [1.82, 2.24) is 10.2 Å². The second-order valence-corrected chi connectivity index (χ2v) is 13.0. The number of para-hydroxylation sites is 1. The number of carbonyl (C=O) groups is 3. The molecular formula is C36H47N3O5. The average molecular weight is 602 g/mol. The summed E-state index contributed by atoms with van der Waals surface area (Å²) in [5.41, 5.74) is 3.15. The Morgan fingerprint density at radius 3 is 1.95 bits per heavy atom. The zero-order valence-corrected chi connectivity index (χ0v) is 27.4. The molecule has 0 spiro atoms. The minimum atomic E-state index is -1.07. The number of phenolic OH excluding ortho intramolecular Hbond substituents is 1. The number of rotatable bonds is 10. The van der Waals surface area contributed by atoms with E-state index in [2.05, 4.69) is 10.6 Å². The Kier molecular flexibility index (Phi) is 10.8. The Bertz CT molecular complexity index is 1450. The molecule has 0 fully saturated rings. The molecule has 0 saturated heterocycles. The van der Waals surface area contributed by atoms with Crippen LogP contribution in [-0.2, 0) is 20.7 Å². The van der Waals surface area contributed by atoms with Crippen molar-refractivity contribution in [3.05, 3.63) is 94.5 Å². The van der Waals surface area contributed by atoms with Crippen LogP contribution in [0.3, 0.4) is 0 Å². The Hall–Kier alpha value is -4.33. The number of benzene rings is 3. The van der Waals surface area contributed by atoms with Gasteiger partial charge in [0.05, 0.1) is 0 Å². The number of hydrogen-bond donors (Lipinski definition) is 3. The summed E-state index contributed by atoms with van der Waals surface area (Å²) in [5.74, 6) is -0.691. The standard InChI is InChI=1S/C36H47N3O5/c1-10-36(8,9)39(33(42)29(38-34(43)44-35(5,6)7)22-26-18-20-27(40)21-19-26)31(30-24(3)15-13-16-25(30)4)32(41)37-28-17-12-11-14-23(28)2/h11-21,29,31,40H,10,22H2,1-9H3,(H,37,41)(H,38,43). The highest BCUT2D eigenvalue weighted by Gasteiger charge is 2.44. The van der Waals surface area contributed by atoms with Crippen LogP contribution in [0.15, 0.2) is 66.7 Å². The van der Waals surface area contributed by atoms with E-state index in [9.17, 15) is 19.5 Å². The maximum absolute atomic E-state index is 14.9. The molecule has 3 rings (SSSR count). The number of aromatic hydroxyl groups is 1. The smallest absolute Gasteiger partial charge is 0.408 e. The van der Waals surface area contributed by atoms with Gasteiger partial charge in [0, 0.05) is 17.6 Å². The quantitative estimate of drug-likeness (QED) is 0.229. The molecule has 2 atom stereocenters. The molecule has 44 heavy (non-hydrogen) atoms.